The Labute approximate surface area is 160 Å². The summed E-state index contributed by atoms with van der Waals surface area (Å²) < 4.78 is 37.7. The van der Waals surface area contributed by atoms with Gasteiger partial charge in [0.05, 0.1) is 30.8 Å². The average molecular weight is 397 g/mol. The molecule has 8 nitrogen and oxygen atoms in total. The Balaban J connectivity index is 1.86. The van der Waals surface area contributed by atoms with Crippen molar-refractivity contribution in [1.29, 1.82) is 0 Å². The second-order valence-corrected chi connectivity index (χ2v) is 8.82. The number of benzene rings is 1. The Bertz CT molecular complexity index is 777. The van der Waals surface area contributed by atoms with Gasteiger partial charge in [0, 0.05) is 19.1 Å². The molecule has 1 aromatic carbocycles. The molecule has 0 spiro atoms. The fourth-order valence-electron chi connectivity index (χ4n) is 3.72. The van der Waals surface area contributed by atoms with Gasteiger partial charge in [0.2, 0.25) is 10.0 Å². The van der Waals surface area contributed by atoms with Crippen LogP contribution in [0.5, 0.6) is 5.75 Å². The van der Waals surface area contributed by atoms with E-state index < -0.39 is 10.0 Å². The number of amides is 1. The summed E-state index contributed by atoms with van der Waals surface area (Å²) in [5, 5.41) is 3.00. The van der Waals surface area contributed by atoms with Crippen molar-refractivity contribution in [3.8, 4) is 5.75 Å². The number of carbonyl (C=O) groups excluding carboxylic acids is 1. The Morgan fingerprint density at radius 1 is 1.33 bits per heavy atom. The van der Waals surface area contributed by atoms with Crippen LogP contribution in [-0.4, -0.2) is 64.6 Å². The first kappa shape index (κ1) is 20.1. The van der Waals surface area contributed by atoms with E-state index in [0.717, 1.165) is 19.3 Å². The third-order valence-electron chi connectivity index (χ3n) is 5.30. The smallest absolute Gasteiger partial charge is 0.255 e. The van der Waals surface area contributed by atoms with Crippen LogP contribution < -0.4 is 15.8 Å². The summed E-state index contributed by atoms with van der Waals surface area (Å²) in [6.45, 7) is 1.86. The zero-order valence-electron chi connectivity index (χ0n) is 15.5. The number of nitrogens with zero attached hydrogens (tertiary/aromatic N) is 1. The number of nitrogens with two attached hydrogens (primary N) is 1. The first-order valence-corrected chi connectivity index (χ1v) is 10.7. The molecule has 3 N–H and O–H groups in total. The molecule has 1 saturated carbocycles. The summed E-state index contributed by atoms with van der Waals surface area (Å²) in [6.07, 6.45) is 2.89. The number of morpholine rings is 1. The normalized spacial score (nSPS) is 23.9. The van der Waals surface area contributed by atoms with Gasteiger partial charge in [-0.05, 0) is 43.5 Å². The van der Waals surface area contributed by atoms with E-state index in [2.05, 4.69) is 5.32 Å². The van der Waals surface area contributed by atoms with Crippen LogP contribution in [0, 0.1) is 5.92 Å². The van der Waals surface area contributed by atoms with Crippen LogP contribution in [0.4, 0.5) is 0 Å². The van der Waals surface area contributed by atoms with E-state index >= 15 is 0 Å². The average Bonchev–Trinajstić information content (AvgIpc) is 3.15. The summed E-state index contributed by atoms with van der Waals surface area (Å²) in [7, 11) is -2.23. The molecule has 1 aliphatic heterocycles. The van der Waals surface area contributed by atoms with E-state index in [1.807, 2.05) is 0 Å². The van der Waals surface area contributed by atoms with Gasteiger partial charge < -0.3 is 20.5 Å². The largest absolute Gasteiger partial charge is 0.496 e. The lowest BCUT2D eigenvalue weighted by Crippen LogP contribution is -2.41. The van der Waals surface area contributed by atoms with Crippen LogP contribution in [0.15, 0.2) is 23.1 Å². The maximum Gasteiger partial charge on any atom is 0.255 e. The number of methoxy groups -OCH3 is 1. The molecule has 1 saturated heterocycles. The molecular weight excluding hydrogens is 370 g/mol. The molecule has 0 bridgehead atoms. The summed E-state index contributed by atoms with van der Waals surface area (Å²) in [5.74, 6) is 0.257. The van der Waals surface area contributed by atoms with Crippen molar-refractivity contribution < 1.29 is 22.7 Å². The predicted octanol–water partition coefficient (Wildman–Crippen LogP) is 0.573. The summed E-state index contributed by atoms with van der Waals surface area (Å²) in [5.41, 5.74) is 6.00. The van der Waals surface area contributed by atoms with Gasteiger partial charge in [-0.25, -0.2) is 8.42 Å². The number of carbonyl (C=O) groups is 1. The van der Waals surface area contributed by atoms with Gasteiger partial charge in [0.25, 0.3) is 5.91 Å². The van der Waals surface area contributed by atoms with Crippen LogP contribution in [0.3, 0.4) is 0 Å². The van der Waals surface area contributed by atoms with Crippen molar-refractivity contribution in [2.24, 2.45) is 11.7 Å². The van der Waals surface area contributed by atoms with E-state index in [4.69, 9.17) is 15.2 Å². The second-order valence-electron chi connectivity index (χ2n) is 6.89. The van der Waals surface area contributed by atoms with Gasteiger partial charge in [0.1, 0.15) is 5.75 Å². The molecule has 1 amide bonds. The molecule has 9 heteroatoms. The minimum atomic E-state index is -3.69. The molecule has 150 valence electrons. The number of nitrogens with one attached hydrogen (secondary N) is 1. The fourth-order valence-corrected chi connectivity index (χ4v) is 5.15. The third-order valence-corrected chi connectivity index (χ3v) is 7.20. The summed E-state index contributed by atoms with van der Waals surface area (Å²) in [4.78, 5) is 12.9. The zero-order chi connectivity index (χ0) is 19.4. The van der Waals surface area contributed by atoms with Crippen LogP contribution in [0.25, 0.3) is 0 Å². The van der Waals surface area contributed by atoms with E-state index in [1.54, 1.807) is 0 Å². The lowest BCUT2D eigenvalue weighted by Gasteiger charge is -2.26. The number of sulfonamides is 1. The number of ether oxygens (including phenoxy) is 2. The molecule has 2 fully saturated rings. The number of hydrogen-bond acceptors (Lipinski definition) is 6. The molecule has 2 unspecified atom stereocenters. The van der Waals surface area contributed by atoms with Gasteiger partial charge in [-0.15, -0.1) is 0 Å². The van der Waals surface area contributed by atoms with E-state index in [9.17, 15) is 13.2 Å². The Hall–Kier alpha value is -1.68. The van der Waals surface area contributed by atoms with Crippen molar-refractivity contribution >= 4 is 15.9 Å². The zero-order valence-corrected chi connectivity index (χ0v) is 16.3. The summed E-state index contributed by atoms with van der Waals surface area (Å²) >= 11 is 0. The molecule has 2 aliphatic rings. The van der Waals surface area contributed by atoms with E-state index in [1.165, 1.54) is 29.6 Å². The van der Waals surface area contributed by atoms with Gasteiger partial charge in [-0.1, -0.05) is 6.42 Å². The predicted molar refractivity (Wildman–Crippen MR) is 100 cm³/mol. The van der Waals surface area contributed by atoms with Gasteiger partial charge in [0.15, 0.2) is 0 Å². The van der Waals surface area contributed by atoms with Crippen molar-refractivity contribution in [1.82, 2.24) is 9.62 Å². The number of rotatable bonds is 6. The van der Waals surface area contributed by atoms with Crippen LogP contribution in [0.1, 0.15) is 29.6 Å². The minimum Gasteiger partial charge on any atom is -0.496 e. The molecule has 0 aromatic heterocycles. The molecular formula is C18H27N3O5S. The van der Waals surface area contributed by atoms with Gasteiger partial charge in [-0.3, -0.25) is 4.79 Å². The molecule has 1 aromatic rings. The monoisotopic (exact) mass is 397 g/mol. The molecule has 2 atom stereocenters. The van der Waals surface area contributed by atoms with Crippen molar-refractivity contribution in [2.45, 2.75) is 30.2 Å². The Morgan fingerprint density at radius 2 is 2.07 bits per heavy atom. The lowest BCUT2D eigenvalue weighted by atomic mass is 10.0. The molecule has 1 aliphatic carbocycles. The van der Waals surface area contributed by atoms with Gasteiger partial charge >= 0.3 is 0 Å². The first-order valence-electron chi connectivity index (χ1n) is 9.24. The van der Waals surface area contributed by atoms with Crippen LogP contribution in [-0.2, 0) is 14.8 Å². The Kier molecular flexibility index (Phi) is 6.36. The highest BCUT2D eigenvalue weighted by molar-refractivity contribution is 7.89. The quantitative estimate of drug-likeness (QED) is 0.726. The highest BCUT2D eigenvalue weighted by atomic mass is 32.2. The number of hydrogen-bond donors (Lipinski definition) is 2. The van der Waals surface area contributed by atoms with Crippen molar-refractivity contribution in [3.63, 3.8) is 0 Å². The van der Waals surface area contributed by atoms with Crippen molar-refractivity contribution in [3.05, 3.63) is 23.8 Å². The first-order chi connectivity index (χ1) is 13.0. The highest BCUT2D eigenvalue weighted by Crippen LogP contribution is 2.28. The lowest BCUT2D eigenvalue weighted by molar-refractivity contribution is 0.0730. The maximum atomic E-state index is 12.9. The molecule has 3 rings (SSSR count). The van der Waals surface area contributed by atoms with E-state index in [-0.39, 0.29) is 28.3 Å². The molecule has 0 radical (unpaired) electrons. The Morgan fingerprint density at radius 3 is 2.74 bits per heavy atom. The summed E-state index contributed by atoms with van der Waals surface area (Å²) in [6, 6.07) is 4.40. The molecule has 1 heterocycles. The standard InChI is InChI=1S/C18H27N3O5S/c1-25-17-6-5-14(27(23,24)21-7-9-26-10-8-21)11-15(17)18(22)20-16-4-2-3-13(16)12-19/h5-6,11,13,16H,2-4,7-10,12,19H2,1H3,(H,20,22). The minimum absolute atomic E-state index is 0.00622. The van der Waals surface area contributed by atoms with Crippen LogP contribution >= 0.6 is 0 Å². The fraction of sp³-hybridized carbons (Fsp3) is 0.611. The highest BCUT2D eigenvalue weighted by Gasteiger charge is 2.30. The maximum absolute atomic E-state index is 12.9. The van der Waals surface area contributed by atoms with Crippen LogP contribution in [0.2, 0.25) is 0 Å². The molecule has 27 heavy (non-hydrogen) atoms. The second kappa shape index (κ2) is 8.55. The van der Waals surface area contributed by atoms with Gasteiger partial charge in [-0.2, -0.15) is 4.31 Å². The van der Waals surface area contributed by atoms with Crippen molar-refractivity contribution in [2.75, 3.05) is 40.0 Å². The topological polar surface area (TPSA) is 111 Å². The third kappa shape index (κ3) is 4.26. The van der Waals surface area contributed by atoms with E-state index in [0.29, 0.717) is 38.6 Å². The SMILES string of the molecule is COc1ccc(S(=O)(=O)N2CCOCC2)cc1C(=O)NC1CCCC1CN.